The van der Waals surface area contributed by atoms with Gasteiger partial charge >= 0.3 is 0 Å². The van der Waals surface area contributed by atoms with Gasteiger partial charge in [-0.3, -0.25) is 0 Å². The molecule has 1 aliphatic heterocycles. The maximum atomic E-state index is 6.01. The summed E-state index contributed by atoms with van der Waals surface area (Å²) in [6, 6.07) is 14.5. The van der Waals surface area contributed by atoms with Gasteiger partial charge in [-0.2, -0.15) is 0 Å². The number of fused-ring (bicyclic) bond motifs is 1. The van der Waals surface area contributed by atoms with Crippen LogP contribution in [-0.4, -0.2) is 47.4 Å². The van der Waals surface area contributed by atoms with E-state index in [2.05, 4.69) is 62.8 Å². The third-order valence-electron chi connectivity index (χ3n) is 5.06. The number of hydrogen-bond donors (Lipinski definition) is 0. The van der Waals surface area contributed by atoms with Crippen LogP contribution in [0, 0.1) is 6.92 Å². The number of aryl methyl sites for hydroxylation is 1. The van der Waals surface area contributed by atoms with E-state index in [9.17, 15) is 0 Å². The molecule has 0 unspecified atom stereocenters. The lowest BCUT2D eigenvalue weighted by Crippen LogP contribution is -2.40. The molecule has 0 radical (unpaired) electrons. The quantitative estimate of drug-likeness (QED) is 0.513. The lowest BCUT2D eigenvalue weighted by atomic mass is 10.1. The average Bonchev–Trinajstić information content (AvgIpc) is 3.07. The van der Waals surface area contributed by atoms with Crippen LogP contribution in [0.2, 0.25) is 0 Å². The van der Waals surface area contributed by atoms with Gasteiger partial charge in [-0.25, -0.2) is 0 Å². The minimum absolute atomic E-state index is 0.606. The van der Waals surface area contributed by atoms with Crippen LogP contribution in [0.1, 0.15) is 11.1 Å². The van der Waals surface area contributed by atoms with Crippen molar-refractivity contribution in [1.29, 1.82) is 0 Å². The molecule has 1 saturated heterocycles. The molecule has 6 heteroatoms. The van der Waals surface area contributed by atoms with Crippen LogP contribution in [0.4, 0.5) is 0 Å². The molecule has 1 fully saturated rings. The Bertz CT molecular complexity index is 995. The lowest BCUT2D eigenvalue weighted by molar-refractivity contribution is 0.0693. The second kappa shape index (κ2) is 8.64. The van der Waals surface area contributed by atoms with Gasteiger partial charge in [0.05, 0.1) is 19.8 Å². The van der Waals surface area contributed by atoms with E-state index in [-0.39, 0.29) is 0 Å². The molecule has 2 aromatic carbocycles. The molecule has 0 N–H and O–H groups in total. The molecule has 0 amide bonds. The lowest BCUT2D eigenvalue weighted by Gasteiger charge is -2.29. The Morgan fingerprint density at radius 1 is 1.18 bits per heavy atom. The highest BCUT2D eigenvalue weighted by Crippen LogP contribution is 2.27. The van der Waals surface area contributed by atoms with E-state index in [0.717, 1.165) is 59.2 Å². The average molecular weight is 459 g/mol. The fourth-order valence-corrected chi connectivity index (χ4v) is 4.24. The van der Waals surface area contributed by atoms with Crippen molar-refractivity contribution in [1.82, 2.24) is 9.47 Å². The largest absolute Gasteiger partial charge is 0.491 e. The zero-order chi connectivity index (χ0) is 19.5. The molecule has 146 valence electrons. The maximum absolute atomic E-state index is 6.01. The van der Waals surface area contributed by atoms with Crippen molar-refractivity contribution in [2.45, 2.75) is 13.5 Å². The third-order valence-corrected chi connectivity index (χ3v) is 6.03. The SMILES string of the molecule is Cc1ccccc1OCCn1cc(C(=S)N2CCOCC2)c2cc(Br)ccc21. The molecule has 0 bridgehead atoms. The number of hydrogen-bond acceptors (Lipinski definition) is 3. The Kier molecular flexibility index (Phi) is 5.99. The predicted molar refractivity (Wildman–Crippen MR) is 120 cm³/mol. The maximum Gasteiger partial charge on any atom is 0.122 e. The second-order valence-electron chi connectivity index (χ2n) is 6.92. The molecule has 28 heavy (non-hydrogen) atoms. The van der Waals surface area contributed by atoms with Crippen molar-refractivity contribution in [2.75, 3.05) is 32.9 Å². The van der Waals surface area contributed by atoms with E-state index in [0.29, 0.717) is 6.61 Å². The molecule has 0 saturated carbocycles. The summed E-state index contributed by atoms with van der Waals surface area (Å²) in [6.45, 7) is 6.58. The number of halogens is 1. The van der Waals surface area contributed by atoms with Crippen molar-refractivity contribution in [3.8, 4) is 5.75 Å². The highest BCUT2D eigenvalue weighted by Gasteiger charge is 2.19. The molecule has 3 aromatic rings. The molecule has 0 atom stereocenters. The number of para-hydroxylation sites is 1. The van der Waals surface area contributed by atoms with Crippen molar-refractivity contribution in [2.24, 2.45) is 0 Å². The van der Waals surface area contributed by atoms with Gasteiger partial charge in [0.2, 0.25) is 0 Å². The predicted octanol–water partition coefficient (Wildman–Crippen LogP) is 4.80. The fraction of sp³-hybridized carbons (Fsp3) is 0.318. The molecule has 1 aliphatic rings. The van der Waals surface area contributed by atoms with Crippen LogP contribution < -0.4 is 4.74 Å². The Morgan fingerprint density at radius 2 is 1.96 bits per heavy atom. The van der Waals surface area contributed by atoms with Gasteiger partial charge in [-0.05, 0) is 36.8 Å². The first-order valence-corrected chi connectivity index (χ1v) is 10.7. The summed E-state index contributed by atoms with van der Waals surface area (Å²) in [5.41, 5.74) is 3.42. The van der Waals surface area contributed by atoms with Crippen LogP contribution in [0.25, 0.3) is 10.9 Å². The number of ether oxygens (including phenoxy) is 2. The summed E-state index contributed by atoms with van der Waals surface area (Å²) in [5.74, 6) is 0.936. The van der Waals surface area contributed by atoms with Gasteiger partial charge in [-0.15, -0.1) is 0 Å². The Hall–Kier alpha value is -1.89. The Morgan fingerprint density at radius 3 is 2.75 bits per heavy atom. The number of morpholine rings is 1. The van der Waals surface area contributed by atoms with Crippen molar-refractivity contribution >= 4 is 44.0 Å². The molecular formula is C22H23BrN2O2S. The summed E-state index contributed by atoms with van der Waals surface area (Å²) in [6.07, 6.45) is 2.16. The second-order valence-corrected chi connectivity index (χ2v) is 8.22. The number of benzene rings is 2. The summed E-state index contributed by atoms with van der Waals surface area (Å²) in [7, 11) is 0. The number of thiocarbonyl (C=S) groups is 1. The van der Waals surface area contributed by atoms with E-state index in [4.69, 9.17) is 21.7 Å². The van der Waals surface area contributed by atoms with Gasteiger partial charge in [0, 0.05) is 40.2 Å². The fourth-order valence-electron chi connectivity index (χ4n) is 3.53. The minimum Gasteiger partial charge on any atom is -0.491 e. The first-order chi connectivity index (χ1) is 13.6. The molecule has 0 spiro atoms. The van der Waals surface area contributed by atoms with E-state index in [1.165, 1.54) is 10.9 Å². The van der Waals surface area contributed by atoms with Crippen molar-refractivity contribution in [3.63, 3.8) is 0 Å². The molecular weight excluding hydrogens is 436 g/mol. The normalized spacial score (nSPS) is 14.4. The van der Waals surface area contributed by atoms with Crippen LogP contribution >= 0.6 is 28.1 Å². The number of rotatable bonds is 5. The topological polar surface area (TPSA) is 26.6 Å². The third kappa shape index (κ3) is 4.09. The standard InChI is InChI=1S/C22H23BrN2O2S/c1-16-4-2-3-5-21(16)27-13-10-25-15-19(18-14-17(23)6-7-20(18)25)22(28)24-8-11-26-12-9-24/h2-7,14-15H,8-13H2,1H3. The van der Waals surface area contributed by atoms with Crippen molar-refractivity contribution in [3.05, 3.63) is 64.3 Å². The molecule has 4 nitrogen and oxygen atoms in total. The van der Waals surface area contributed by atoms with E-state index < -0.39 is 0 Å². The Labute approximate surface area is 179 Å². The molecule has 0 aliphatic carbocycles. The minimum atomic E-state index is 0.606. The van der Waals surface area contributed by atoms with Crippen LogP contribution in [-0.2, 0) is 11.3 Å². The van der Waals surface area contributed by atoms with Gasteiger partial charge in [0.25, 0.3) is 0 Å². The van der Waals surface area contributed by atoms with E-state index in [1.807, 2.05) is 18.2 Å². The summed E-state index contributed by atoms with van der Waals surface area (Å²) < 4.78 is 14.8. The smallest absolute Gasteiger partial charge is 0.122 e. The van der Waals surface area contributed by atoms with Crippen LogP contribution in [0.3, 0.4) is 0 Å². The van der Waals surface area contributed by atoms with Crippen LogP contribution in [0.5, 0.6) is 5.75 Å². The zero-order valence-corrected chi connectivity index (χ0v) is 18.3. The molecule has 4 rings (SSSR count). The van der Waals surface area contributed by atoms with Gasteiger partial charge < -0.3 is 18.9 Å². The first kappa shape index (κ1) is 19.4. The summed E-state index contributed by atoms with van der Waals surface area (Å²) >= 11 is 9.44. The summed E-state index contributed by atoms with van der Waals surface area (Å²) in [4.78, 5) is 3.13. The van der Waals surface area contributed by atoms with E-state index in [1.54, 1.807) is 0 Å². The van der Waals surface area contributed by atoms with Crippen LogP contribution in [0.15, 0.2) is 53.1 Å². The zero-order valence-electron chi connectivity index (χ0n) is 15.9. The molecule has 1 aromatic heterocycles. The van der Waals surface area contributed by atoms with Gasteiger partial charge in [0.1, 0.15) is 17.3 Å². The number of nitrogens with zero attached hydrogens (tertiary/aromatic N) is 2. The monoisotopic (exact) mass is 458 g/mol. The highest BCUT2D eigenvalue weighted by atomic mass is 79.9. The highest BCUT2D eigenvalue weighted by molar-refractivity contribution is 9.10. The van der Waals surface area contributed by atoms with Gasteiger partial charge in [0.15, 0.2) is 0 Å². The molecule has 2 heterocycles. The van der Waals surface area contributed by atoms with Gasteiger partial charge in [-0.1, -0.05) is 46.3 Å². The number of aromatic nitrogens is 1. The summed E-state index contributed by atoms with van der Waals surface area (Å²) in [5, 5.41) is 1.17. The Balaban J connectivity index is 1.58. The first-order valence-electron chi connectivity index (χ1n) is 9.47. The van der Waals surface area contributed by atoms with E-state index >= 15 is 0 Å². The van der Waals surface area contributed by atoms with Crippen molar-refractivity contribution < 1.29 is 9.47 Å².